The summed E-state index contributed by atoms with van der Waals surface area (Å²) in [5.74, 6) is 4.66. The number of nitrogens with zero attached hydrogens (tertiary/aromatic N) is 1. The SMILES string of the molecule is CC(C)(C)OC(=O)N(N)O. The first-order chi connectivity index (χ1) is 4.33. The molecule has 3 N–H and O–H groups in total. The van der Waals surface area contributed by atoms with E-state index < -0.39 is 11.7 Å². The van der Waals surface area contributed by atoms with Gasteiger partial charge in [0.15, 0.2) is 0 Å². The maximum absolute atomic E-state index is 10.5. The van der Waals surface area contributed by atoms with Crippen molar-refractivity contribution < 1.29 is 14.7 Å². The van der Waals surface area contributed by atoms with Gasteiger partial charge in [-0.1, -0.05) is 0 Å². The first kappa shape index (κ1) is 9.19. The molecular formula is C5H12N2O3. The summed E-state index contributed by atoms with van der Waals surface area (Å²) in [6.07, 6.45) is -0.965. The second kappa shape index (κ2) is 2.85. The number of hydroxylamine groups is 1. The zero-order valence-electron chi connectivity index (χ0n) is 6.29. The van der Waals surface area contributed by atoms with Crippen LogP contribution >= 0.6 is 0 Å². The second-order valence-electron chi connectivity index (χ2n) is 2.82. The summed E-state index contributed by atoms with van der Waals surface area (Å²) in [6.45, 7) is 5.03. The van der Waals surface area contributed by atoms with Gasteiger partial charge in [-0.2, -0.15) is 0 Å². The number of hydrogen-bond donors (Lipinski definition) is 2. The summed E-state index contributed by atoms with van der Waals surface area (Å²) in [4.78, 5) is 10.5. The van der Waals surface area contributed by atoms with Crippen molar-refractivity contribution >= 4 is 6.09 Å². The van der Waals surface area contributed by atoms with Crippen molar-refractivity contribution in [1.29, 1.82) is 0 Å². The quantitative estimate of drug-likeness (QED) is 0.227. The highest BCUT2D eigenvalue weighted by Crippen LogP contribution is 2.07. The predicted octanol–water partition coefficient (Wildman–Crippen LogP) is 0.486. The molecule has 5 nitrogen and oxygen atoms in total. The topological polar surface area (TPSA) is 75.8 Å². The molecule has 0 aromatic rings. The summed E-state index contributed by atoms with van der Waals surface area (Å²) in [5, 5.41) is 8.23. The molecule has 0 saturated carbocycles. The van der Waals surface area contributed by atoms with Crippen LogP contribution in [-0.2, 0) is 4.74 Å². The van der Waals surface area contributed by atoms with Crippen LogP contribution in [0.15, 0.2) is 0 Å². The first-order valence-electron chi connectivity index (χ1n) is 2.79. The van der Waals surface area contributed by atoms with E-state index in [1.165, 1.54) is 0 Å². The van der Waals surface area contributed by atoms with Gasteiger partial charge in [-0.3, -0.25) is 5.21 Å². The number of rotatable bonds is 0. The van der Waals surface area contributed by atoms with Gasteiger partial charge in [0.25, 0.3) is 0 Å². The van der Waals surface area contributed by atoms with Crippen molar-refractivity contribution in [3.8, 4) is 0 Å². The highest BCUT2D eigenvalue weighted by Gasteiger charge is 2.18. The first-order valence-corrected chi connectivity index (χ1v) is 2.79. The smallest absolute Gasteiger partial charge is 0.441 e. The van der Waals surface area contributed by atoms with E-state index in [0.29, 0.717) is 0 Å². The Kier molecular flexibility index (Phi) is 2.62. The van der Waals surface area contributed by atoms with Gasteiger partial charge in [0.1, 0.15) is 5.60 Å². The van der Waals surface area contributed by atoms with Crippen LogP contribution in [0.5, 0.6) is 0 Å². The van der Waals surface area contributed by atoms with Crippen LogP contribution in [-0.4, -0.2) is 22.1 Å². The van der Waals surface area contributed by atoms with Gasteiger partial charge in [-0.15, -0.1) is 5.17 Å². The van der Waals surface area contributed by atoms with E-state index in [1.807, 2.05) is 0 Å². The zero-order valence-corrected chi connectivity index (χ0v) is 6.29. The normalized spacial score (nSPS) is 10.9. The fourth-order valence-corrected chi connectivity index (χ4v) is 0.309. The lowest BCUT2D eigenvalue weighted by atomic mass is 10.2. The van der Waals surface area contributed by atoms with Crippen molar-refractivity contribution in [2.75, 3.05) is 0 Å². The van der Waals surface area contributed by atoms with E-state index in [-0.39, 0.29) is 5.17 Å². The molecule has 0 aliphatic heterocycles. The summed E-state index contributed by atoms with van der Waals surface area (Å²) in [6, 6.07) is 0. The molecule has 0 aliphatic rings. The highest BCUT2D eigenvalue weighted by molar-refractivity contribution is 5.65. The van der Waals surface area contributed by atoms with Crippen LogP contribution in [0.2, 0.25) is 0 Å². The molecular weight excluding hydrogens is 136 g/mol. The van der Waals surface area contributed by atoms with Crippen molar-refractivity contribution in [2.45, 2.75) is 26.4 Å². The maximum atomic E-state index is 10.5. The standard InChI is InChI=1S/C5H12N2O3/c1-5(2,3)10-4(8)7(6)9/h9H,6H2,1-3H3. The molecule has 0 fully saturated rings. The van der Waals surface area contributed by atoms with Crippen LogP contribution in [0.3, 0.4) is 0 Å². The van der Waals surface area contributed by atoms with Crippen LogP contribution < -0.4 is 5.84 Å². The number of carbonyl (C=O) groups excluding carboxylic acids is 1. The highest BCUT2D eigenvalue weighted by atomic mass is 16.7. The molecule has 0 aromatic carbocycles. The largest absolute Gasteiger partial charge is 0.449 e. The monoisotopic (exact) mass is 148 g/mol. The molecule has 1 amide bonds. The van der Waals surface area contributed by atoms with Crippen LogP contribution in [0.4, 0.5) is 4.79 Å². The van der Waals surface area contributed by atoms with Gasteiger partial charge in [0.2, 0.25) is 0 Å². The zero-order chi connectivity index (χ0) is 8.36. The lowest BCUT2D eigenvalue weighted by Gasteiger charge is -2.20. The third-order valence-corrected chi connectivity index (χ3v) is 0.581. The molecule has 0 aliphatic carbocycles. The number of hydrazine groups is 1. The Bertz CT molecular complexity index is 127. The lowest BCUT2D eigenvalue weighted by molar-refractivity contribution is -0.0954. The van der Waals surface area contributed by atoms with Gasteiger partial charge < -0.3 is 4.74 Å². The Hall–Kier alpha value is -0.810. The molecule has 0 heterocycles. The van der Waals surface area contributed by atoms with Crippen LogP contribution in [0.1, 0.15) is 20.8 Å². The van der Waals surface area contributed by atoms with Crippen molar-refractivity contribution in [1.82, 2.24) is 5.17 Å². The molecule has 0 unspecified atom stereocenters. The Labute approximate surface area is 59.3 Å². The second-order valence-corrected chi connectivity index (χ2v) is 2.82. The average Bonchev–Trinajstić information content (AvgIpc) is 1.60. The molecule has 0 spiro atoms. The molecule has 5 heteroatoms. The number of amides is 1. The molecule has 60 valence electrons. The van der Waals surface area contributed by atoms with Crippen molar-refractivity contribution in [3.05, 3.63) is 0 Å². The summed E-state index contributed by atoms with van der Waals surface area (Å²) < 4.78 is 4.61. The Morgan fingerprint density at radius 2 is 2.00 bits per heavy atom. The average molecular weight is 148 g/mol. The minimum Gasteiger partial charge on any atom is -0.441 e. The molecule has 0 aromatic heterocycles. The van der Waals surface area contributed by atoms with E-state index in [2.05, 4.69) is 10.6 Å². The van der Waals surface area contributed by atoms with Crippen molar-refractivity contribution in [3.63, 3.8) is 0 Å². The number of ether oxygens (including phenoxy) is 1. The number of carbonyl (C=O) groups is 1. The van der Waals surface area contributed by atoms with E-state index in [1.54, 1.807) is 20.8 Å². The van der Waals surface area contributed by atoms with E-state index in [0.717, 1.165) is 0 Å². The molecule has 0 saturated heterocycles. The lowest BCUT2D eigenvalue weighted by Crippen LogP contribution is -2.38. The third kappa shape index (κ3) is 4.11. The van der Waals surface area contributed by atoms with Crippen LogP contribution in [0.25, 0.3) is 0 Å². The third-order valence-electron chi connectivity index (χ3n) is 0.581. The van der Waals surface area contributed by atoms with Crippen molar-refractivity contribution in [2.24, 2.45) is 5.84 Å². The van der Waals surface area contributed by atoms with E-state index in [4.69, 9.17) is 5.21 Å². The van der Waals surface area contributed by atoms with Crippen LogP contribution in [0, 0.1) is 0 Å². The summed E-state index contributed by atoms with van der Waals surface area (Å²) >= 11 is 0. The van der Waals surface area contributed by atoms with Gasteiger partial charge in [0.05, 0.1) is 0 Å². The summed E-state index contributed by atoms with van der Waals surface area (Å²) in [5.41, 5.74) is -0.628. The number of hydrogen-bond acceptors (Lipinski definition) is 4. The molecule has 0 atom stereocenters. The molecule has 0 bridgehead atoms. The van der Waals surface area contributed by atoms with E-state index in [9.17, 15) is 4.79 Å². The molecule has 0 radical (unpaired) electrons. The van der Waals surface area contributed by atoms with Gasteiger partial charge >= 0.3 is 6.09 Å². The minimum absolute atomic E-state index is 0.0920. The minimum atomic E-state index is -0.965. The Morgan fingerprint density at radius 1 is 1.60 bits per heavy atom. The van der Waals surface area contributed by atoms with Gasteiger partial charge in [-0.25, -0.2) is 10.6 Å². The Balaban J connectivity index is 3.81. The predicted molar refractivity (Wildman–Crippen MR) is 34.0 cm³/mol. The number of nitrogens with two attached hydrogens (primary N) is 1. The van der Waals surface area contributed by atoms with Gasteiger partial charge in [0, 0.05) is 0 Å². The summed E-state index contributed by atoms with van der Waals surface area (Å²) in [7, 11) is 0. The maximum Gasteiger partial charge on any atom is 0.449 e. The molecule has 10 heavy (non-hydrogen) atoms. The fraction of sp³-hybridized carbons (Fsp3) is 0.800. The van der Waals surface area contributed by atoms with Gasteiger partial charge in [-0.05, 0) is 20.8 Å². The fourth-order valence-electron chi connectivity index (χ4n) is 0.309. The molecule has 0 rings (SSSR count). The van der Waals surface area contributed by atoms with E-state index >= 15 is 0 Å². The Morgan fingerprint density at radius 3 is 2.10 bits per heavy atom.